The first kappa shape index (κ1) is 19.0. The smallest absolute Gasteiger partial charge is 0.257 e. The van der Waals surface area contributed by atoms with Gasteiger partial charge < -0.3 is 10.5 Å². The quantitative estimate of drug-likeness (QED) is 0.445. The molecule has 1 aromatic carbocycles. The fraction of sp³-hybridized carbons (Fsp3) is 0.438. The van der Waals surface area contributed by atoms with E-state index in [2.05, 4.69) is 5.32 Å². The monoisotopic (exact) mass is 339 g/mol. The third-order valence-corrected chi connectivity index (χ3v) is 4.01. The van der Waals surface area contributed by atoms with Crippen molar-refractivity contribution in [2.75, 3.05) is 7.11 Å². The van der Waals surface area contributed by atoms with E-state index >= 15 is 0 Å². The van der Waals surface area contributed by atoms with Crippen LogP contribution in [0.5, 0.6) is 5.75 Å². The van der Waals surface area contributed by atoms with Crippen molar-refractivity contribution in [3.63, 3.8) is 0 Å². The number of carbonyl (C=O) groups excluding carboxylic acids is 2. The highest BCUT2D eigenvalue weighted by Gasteiger charge is 2.25. The summed E-state index contributed by atoms with van der Waals surface area (Å²) in [5.74, 6) is -0.227. The van der Waals surface area contributed by atoms with Gasteiger partial charge in [0, 0.05) is 5.56 Å². The van der Waals surface area contributed by atoms with Gasteiger partial charge in [-0.1, -0.05) is 12.8 Å². The number of methoxy groups -OCH3 is 1. The lowest BCUT2D eigenvalue weighted by molar-refractivity contribution is 0.0976. The summed E-state index contributed by atoms with van der Waals surface area (Å²) in [7, 11) is 1.54. The van der Waals surface area contributed by atoms with Crippen molar-refractivity contribution in [2.24, 2.45) is 5.73 Å². The Labute approximate surface area is 141 Å². The molecule has 1 aliphatic carbocycles. The van der Waals surface area contributed by atoms with Gasteiger partial charge in [-0.25, -0.2) is 0 Å². The molecule has 7 heteroatoms. The predicted octanol–water partition coefficient (Wildman–Crippen LogP) is 2.60. The van der Waals surface area contributed by atoms with E-state index in [1.54, 1.807) is 6.07 Å². The molecule has 0 saturated heterocycles. The second-order valence-electron chi connectivity index (χ2n) is 5.55. The van der Waals surface area contributed by atoms with Gasteiger partial charge in [-0.05, 0) is 43.4 Å². The number of hydrogen-bond acceptors (Lipinski definition) is 4. The lowest BCUT2D eigenvalue weighted by atomic mass is 9.91. The van der Waals surface area contributed by atoms with Crippen LogP contribution in [0.1, 0.15) is 64.8 Å². The van der Waals surface area contributed by atoms with Gasteiger partial charge in [-0.3, -0.25) is 20.3 Å². The molecule has 23 heavy (non-hydrogen) atoms. The van der Waals surface area contributed by atoms with E-state index in [1.807, 2.05) is 0 Å². The zero-order chi connectivity index (χ0) is 16.3. The number of hydrogen-bond donors (Lipinski definition) is 3. The average molecular weight is 340 g/mol. The third kappa shape index (κ3) is 4.22. The second kappa shape index (κ2) is 7.97. The fourth-order valence-corrected chi connectivity index (χ4v) is 3.01. The number of guanidine groups is 1. The number of ketones is 1. The zero-order valence-corrected chi connectivity index (χ0v) is 14.1. The van der Waals surface area contributed by atoms with E-state index in [4.69, 9.17) is 15.9 Å². The lowest BCUT2D eigenvalue weighted by Gasteiger charge is -2.18. The lowest BCUT2D eigenvalue weighted by Crippen LogP contribution is -2.35. The normalized spacial score (nSPS) is 14.0. The number of benzene rings is 1. The topological polar surface area (TPSA) is 105 Å². The Hall–Kier alpha value is -2.08. The van der Waals surface area contributed by atoms with Crippen molar-refractivity contribution >= 4 is 30.1 Å². The van der Waals surface area contributed by atoms with Crippen molar-refractivity contribution in [2.45, 2.75) is 38.5 Å². The van der Waals surface area contributed by atoms with E-state index in [-0.39, 0.29) is 24.1 Å². The van der Waals surface area contributed by atoms with Crippen LogP contribution >= 0.6 is 12.4 Å². The van der Waals surface area contributed by atoms with Gasteiger partial charge in [0.2, 0.25) is 0 Å². The highest BCUT2D eigenvalue weighted by molar-refractivity contribution is 6.07. The Morgan fingerprint density at radius 1 is 1.30 bits per heavy atom. The van der Waals surface area contributed by atoms with Crippen LogP contribution in [0.2, 0.25) is 0 Å². The summed E-state index contributed by atoms with van der Waals surface area (Å²) >= 11 is 0. The minimum absolute atomic E-state index is 0. The molecule has 0 atom stereocenters. The van der Waals surface area contributed by atoms with Gasteiger partial charge in [-0.15, -0.1) is 12.4 Å². The molecule has 4 N–H and O–H groups in total. The predicted molar refractivity (Wildman–Crippen MR) is 90.8 cm³/mol. The first-order valence-electron chi connectivity index (χ1n) is 7.32. The zero-order valence-electron chi connectivity index (χ0n) is 13.3. The molecule has 1 aliphatic rings. The summed E-state index contributed by atoms with van der Waals surface area (Å²) in [5, 5.41) is 9.42. The maximum Gasteiger partial charge on any atom is 0.257 e. The van der Waals surface area contributed by atoms with E-state index in [1.165, 1.54) is 20.1 Å². The molecule has 2 rings (SSSR count). The Balaban J connectivity index is 0.00000264. The first-order chi connectivity index (χ1) is 10.4. The van der Waals surface area contributed by atoms with Gasteiger partial charge in [0.25, 0.3) is 5.91 Å². The average Bonchev–Trinajstić information content (AvgIpc) is 2.98. The Kier molecular flexibility index (Phi) is 6.57. The van der Waals surface area contributed by atoms with Crippen molar-refractivity contribution in [3.05, 3.63) is 28.8 Å². The van der Waals surface area contributed by atoms with Crippen LogP contribution in [0.25, 0.3) is 0 Å². The summed E-state index contributed by atoms with van der Waals surface area (Å²) < 4.78 is 5.45. The SMILES string of the molecule is COc1c(C(C)=O)cc(C(=O)NC(=N)N)cc1C1CCCC1.Cl. The molecule has 126 valence electrons. The van der Waals surface area contributed by atoms with Gasteiger partial charge in [0.15, 0.2) is 11.7 Å². The van der Waals surface area contributed by atoms with Crippen LogP contribution in [0, 0.1) is 5.41 Å². The molecule has 0 bridgehead atoms. The molecule has 1 amide bonds. The number of nitrogens with one attached hydrogen (secondary N) is 2. The Morgan fingerprint density at radius 3 is 2.39 bits per heavy atom. The number of rotatable bonds is 4. The first-order valence-corrected chi connectivity index (χ1v) is 7.32. The fourth-order valence-electron chi connectivity index (χ4n) is 3.01. The van der Waals surface area contributed by atoms with Gasteiger partial charge in [-0.2, -0.15) is 0 Å². The third-order valence-electron chi connectivity index (χ3n) is 4.01. The molecular weight excluding hydrogens is 318 g/mol. The number of halogens is 1. The Bertz CT molecular complexity index is 625. The standard InChI is InChI=1S/C16H21N3O3.ClH/c1-9(20)12-7-11(15(21)19-16(17)18)8-13(14(12)22-2)10-5-3-4-6-10;/h7-8,10H,3-6H2,1-2H3,(H4,17,18,19,21);1H. The van der Waals surface area contributed by atoms with Crippen molar-refractivity contribution in [1.82, 2.24) is 5.32 Å². The summed E-state index contributed by atoms with van der Waals surface area (Å²) in [6.07, 6.45) is 4.30. The molecule has 1 aromatic rings. The number of Topliss-reactive ketones (excluding diaryl/α,β-unsaturated/α-hetero) is 1. The molecule has 0 aromatic heterocycles. The summed E-state index contributed by atoms with van der Waals surface area (Å²) in [6.45, 7) is 1.45. The van der Waals surface area contributed by atoms with Crippen LogP contribution in [0.3, 0.4) is 0 Å². The maximum absolute atomic E-state index is 12.1. The number of ether oxygens (including phenoxy) is 1. The summed E-state index contributed by atoms with van der Waals surface area (Å²) in [6, 6.07) is 3.25. The minimum atomic E-state index is -0.489. The van der Waals surface area contributed by atoms with Crippen LogP contribution in [0.15, 0.2) is 12.1 Å². The summed E-state index contributed by atoms with van der Waals surface area (Å²) in [5.41, 5.74) is 6.81. The van der Waals surface area contributed by atoms with E-state index < -0.39 is 11.9 Å². The molecular formula is C16H22ClN3O3. The molecule has 0 spiro atoms. The molecule has 0 unspecified atom stereocenters. The number of amides is 1. The molecule has 1 saturated carbocycles. The molecule has 6 nitrogen and oxygen atoms in total. The molecule has 0 heterocycles. The van der Waals surface area contributed by atoms with Crippen LogP contribution in [-0.2, 0) is 0 Å². The second-order valence-corrected chi connectivity index (χ2v) is 5.55. The molecule has 0 aliphatic heterocycles. The summed E-state index contributed by atoms with van der Waals surface area (Å²) in [4.78, 5) is 24.0. The maximum atomic E-state index is 12.1. The highest BCUT2D eigenvalue weighted by atomic mass is 35.5. The van der Waals surface area contributed by atoms with Gasteiger partial charge >= 0.3 is 0 Å². The van der Waals surface area contributed by atoms with Crippen LogP contribution in [-0.4, -0.2) is 24.8 Å². The number of nitrogens with two attached hydrogens (primary N) is 1. The van der Waals surface area contributed by atoms with Gasteiger partial charge in [0.1, 0.15) is 5.75 Å². The van der Waals surface area contributed by atoms with E-state index in [9.17, 15) is 9.59 Å². The number of carbonyl (C=O) groups is 2. The van der Waals surface area contributed by atoms with Crippen molar-refractivity contribution in [3.8, 4) is 5.75 Å². The molecule has 1 fully saturated rings. The van der Waals surface area contributed by atoms with Crippen LogP contribution < -0.4 is 15.8 Å². The van der Waals surface area contributed by atoms with Crippen molar-refractivity contribution < 1.29 is 14.3 Å². The largest absolute Gasteiger partial charge is 0.496 e. The van der Waals surface area contributed by atoms with Crippen molar-refractivity contribution in [1.29, 1.82) is 5.41 Å². The Morgan fingerprint density at radius 2 is 1.91 bits per heavy atom. The highest BCUT2D eigenvalue weighted by Crippen LogP contribution is 2.41. The van der Waals surface area contributed by atoms with Crippen LogP contribution in [0.4, 0.5) is 0 Å². The molecule has 0 radical (unpaired) electrons. The van der Waals surface area contributed by atoms with E-state index in [0.717, 1.165) is 31.2 Å². The minimum Gasteiger partial charge on any atom is -0.496 e. The van der Waals surface area contributed by atoms with Gasteiger partial charge in [0.05, 0.1) is 12.7 Å². The van der Waals surface area contributed by atoms with E-state index in [0.29, 0.717) is 16.9 Å².